The van der Waals surface area contributed by atoms with Gasteiger partial charge in [-0.3, -0.25) is 19.1 Å². The largest absolute Gasteiger partial charge is 0.336 e. The van der Waals surface area contributed by atoms with Crippen molar-refractivity contribution in [3.05, 3.63) is 34.6 Å². The summed E-state index contributed by atoms with van der Waals surface area (Å²) in [4.78, 5) is 43.8. The number of benzene rings is 1. The van der Waals surface area contributed by atoms with E-state index in [4.69, 9.17) is 4.98 Å². The van der Waals surface area contributed by atoms with Gasteiger partial charge in [-0.2, -0.15) is 0 Å². The number of hydrogen-bond acceptors (Lipinski definition) is 5. The van der Waals surface area contributed by atoms with E-state index in [2.05, 4.69) is 5.32 Å². The molecule has 1 atom stereocenters. The molecule has 1 aromatic heterocycles. The first-order chi connectivity index (χ1) is 13.6. The summed E-state index contributed by atoms with van der Waals surface area (Å²) in [6.07, 6.45) is 5.27. The fourth-order valence-corrected chi connectivity index (χ4v) is 5.02. The Morgan fingerprint density at radius 3 is 2.68 bits per heavy atom. The minimum atomic E-state index is -0.508. The smallest absolute Gasteiger partial charge is 0.324 e. The van der Waals surface area contributed by atoms with Crippen molar-refractivity contribution in [1.29, 1.82) is 0 Å². The lowest BCUT2D eigenvalue weighted by molar-refractivity contribution is -0.126. The summed E-state index contributed by atoms with van der Waals surface area (Å²) < 4.78 is 1.79. The van der Waals surface area contributed by atoms with Crippen LogP contribution in [0.5, 0.6) is 0 Å². The lowest BCUT2D eigenvalue weighted by Gasteiger charge is -2.27. The van der Waals surface area contributed by atoms with E-state index in [0.717, 1.165) is 25.7 Å². The molecule has 28 heavy (non-hydrogen) atoms. The highest BCUT2D eigenvalue weighted by atomic mass is 32.2. The average molecular weight is 401 g/mol. The van der Waals surface area contributed by atoms with Gasteiger partial charge in [0.2, 0.25) is 5.91 Å². The van der Waals surface area contributed by atoms with Gasteiger partial charge in [-0.15, -0.1) is 0 Å². The van der Waals surface area contributed by atoms with E-state index < -0.39 is 5.25 Å². The molecule has 7 nitrogen and oxygen atoms in total. The first kappa shape index (κ1) is 19.0. The predicted octanol–water partition coefficient (Wildman–Crippen LogP) is 2.93. The maximum absolute atomic E-state index is 13.3. The molecule has 2 aromatic rings. The Bertz CT molecular complexity index is 968. The number of nitrogens with one attached hydrogen (secondary N) is 1. The number of hydrogen-bond donors (Lipinski definition) is 1. The van der Waals surface area contributed by atoms with Crippen LogP contribution < -0.4 is 10.9 Å². The monoisotopic (exact) mass is 400 g/mol. The van der Waals surface area contributed by atoms with Gasteiger partial charge in [0.1, 0.15) is 0 Å². The Labute approximate surface area is 167 Å². The molecule has 1 saturated carbocycles. The van der Waals surface area contributed by atoms with E-state index in [1.54, 1.807) is 11.5 Å². The predicted molar refractivity (Wildman–Crippen MR) is 109 cm³/mol. The van der Waals surface area contributed by atoms with E-state index in [9.17, 15) is 14.4 Å². The van der Waals surface area contributed by atoms with Gasteiger partial charge < -0.3 is 5.32 Å². The molecule has 1 N–H and O–H groups in total. The molecule has 3 amide bonds. The van der Waals surface area contributed by atoms with Crippen LogP contribution in [-0.4, -0.2) is 44.7 Å². The summed E-state index contributed by atoms with van der Waals surface area (Å²) in [5.74, 6) is -0.252. The van der Waals surface area contributed by atoms with Crippen LogP contribution in [0.15, 0.2) is 34.2 Å². The SMILES string of the molecule is C[C@H](Sc1nc2ccccc2c(=O)n1C1CCCCC1)C(=O)N1CCNC1=O. The van der Waals surface area contributed by atoms with E-state index in [1.165, 1.54) is 23.1 Å². The number of imide groups is 1. The van der Waals surface area contributed by atoms with Gasteiger partial charge >= 0.3 is 6.03 Å². The Morgan fingerprint density at radius 2 is 1.96 bits per heavy atom. The summed E-state index contributed by atoms with van der Waals surface area (Å²) in [5, 5.41) is 3.32. The molecular weight excluding hydrogens is 376 g/mol. The van der Waals surface area contributed by atoms with Crippen LogP contribution in [-0.2, 0) is 4.79 Å². The van der Waals surface area contributed by atoms with Crippen LogP contribution in [0.4, 0.5) is 4.79 Å². The Morgan fingerprint density at radius 1 is 1.21 bits per heavy atom. The van der Waals surface area contributed by atoms with Crippen LogP contribution in [0.25, 0.3) is 10.9 Å². The Kier molecular flexibility index (Phi) is 5.39. The second kappa shape index (κ2) is 7.95. The first-order valence-corrected chi connectivity index (χ1v) is 10.7. The number of nitrogens with zero attached hydrogens (tertiary/aromatic N) is 3. The van der Waals surface area contributed by atoms with Crippen molar-refractivity contribution in [2.45, 2.75) is 55.5 Å². The zero-order chi connectivity index (χ0) is 19.7. The fraction of sp³-hybridized carbons (Fsp3) is 0.500. The topological polar surface area (TPSA) is 84.3 Å². The van der Waals surface area contributed by atoms with Crippen LogP contribution in [0.1, 0.15) is 45.1 Å². The lowest BCUT2D eigenvalue weighted by atomic mass is 9.95. The van der Waals surface area contributed by atoms with Crippen LogP contribution >= 0.6 is 11.8 Å². The molecule has 2 fully saturated rings. The second-order valence-electron chi connectivity index (χ2n) is 7.36. The molecule has 4 rings (SSSR count). The third-order valence-corrected chi connectivity index (χ3v) is 6.52. The van der Waals surface area contributed by atoms with Gasteiger partial charge in [0.05, 0.1) is 16.2 Å². The third-order valence-electron chi connectivity index (χ3n) is 5.47. The summed E-state index contributed by atoms with van der Waals surface area (Å²) in [6, 6.07) is 7.10. The van der Waals surface area contributed by atoms with E-state index >= 15 is 0 Å². The molecule has 0 bridgehead atoms. The van der Waals surface area contributed by atoms with E-state index in [0.29, 0.717) is 29.1 Å². The van der Waals surface area contributed by atoms with Gasteiger partial charge in [-0.1, -0.05) is 43.2 Å². The van der Waals surface area contributed by atoms with Crippen LogP contribution in [0.3, 0.4) is 0 Å². The van der Waals surface area contributed by atoms with Gasteiger partial charge in [0.15, 0.2) is 5.16 Å². The van der Waals surface area contributed by atoms with Crippen molar-refractivity contribution in [2.75, 3.05) is 13.1 Å². The van der Waals surface area contributed by atoms with Crippen molar-refractivity contribution < 1.29 is 9.59 Å². The third kappa shape index (κ3) is 3.53. The van der Waals surface area contributed by atoms with Crippen LogP contribution in [0, 0.1) is 0 Å². The number of carbonyl (C=O) groups is 2. The molecule has 1 aliphatic heterocycles. The maximum atomic E-state index is 13.3. The van der Waals surface area contributed by atoms with Gasteiger partial charge in [0.25, 0.3) is 5.56 Å². The second-order valence-corrected chi connectivity index (χ2v) is 8.67. The number of carbonyl (C=O) groups excluding carboxylic acids is 2. The van der Waals surface area contributed by atoms with Crippen molar-refractivity contribution in [3.63, 3.8) is 0 Å². The minimum absolute atomic E-state index is 0.0430. The number of thioether (sulfide) groups is 1. The molecule has 148 valence electrons. The quantitative estimate of drug-likeness (QED) is 0.630. The number of aromatic nitrogens is 2. The Hall–Kier alpha value is -2.35. The maximum Gasteiger partial charge on any atom is 0.324 e. The summed E-state index contributed by atoms with van der Waals surface area (Å²) in [7, 11) is 0. The highest BCUT2D eigenvalue weighted by molar-refractivity contribution is 8.00. The van der Waals surface area contributed by atoms with E-state index in [1.807, 2.05) is 24.3 Å². The van der Waals surface area contributed by atoms with Crippen molar-refractivity contribution in [3.8, 4) is 0 Å². The average Bonchev–Trinajstić information content (AvgIpc) is 3.14. The summed E-state index contributed by atoms with van der Waals surface area (Å²) >= 11 is 1.27. The van der Waals surface area contributed by atoms with Gasteiger partial charge in [-0.25, -0.2) is 9.78 Å². The number of para-hydroxylation sites is 1. The zero-order valence-corrected chi connectivity index (χ0v) is 16.7. The van der Waals surface area contributed by atoms with Crippen molar-refractivity contribution in [1.82, 2.24) is 19.8 Å². The molecule has 0 spiro atoms. The molecule has 8 heteroatoms. The fourth-order valence-electron chi connectivity index (χ4n) is 3.98. The highest BCUT2D eigenvalue weighted by Crippen LogP contribution is 2.32. The molecule has 0 radical (unpaired) electrons. The number of amides is 3. The highest BCUT2D eigenvalue weighted by Gasteiger charge is 2.32. The minimum Gasteiger partial charge on any atom is -0.336 e. The number of urea groups is 1. The molecular formula is C20H24N4O3S. The molecule has 1 aromatic carbocycles. The zero-order valence-electron chi connectivity index (χ0n) is 15.9. The standard InChI is InChI=1S/C20H24N4O3S/c1-13(17(25)23-12-11-21-19(23)27)28-20-22-16-10-6-5-9-15(16)18(26)24(20)14-7-3-2-4-8-14/h5-6,9-10,13-14H,2-4,7-8,11-12H2,1H3,(H,21,27)/t13-/m0/s1. The molecule has 1 saturated heterocycles. The van der Waals surface area contributed by atoms with Crippen molar-refractivity contribution in [2.24, 2.45) is 0 Å². The Balaban J connectivity index is 1.71. The summed E-state index contributed by atoms with van der Waals surface area (Å²) in [5.41, 5.74) is 0.596. The molecule has 1 aliphatic carbocycles. The van der Waals surface area contributed by atoms with Gasteiger partial charge in [0, 0.05) is 19.1 Å². The first-order valence-electron chi connectivity index (χ1n) is 9.83. The molecule has 0 unspecified atom stereocenters. The molecule has 2 heterocycles. The van der Waals surface area contributed by atoms with Crippen LogP contribution in [0.2, 0.25) is 0 Å². The van der Waals surface area contributed by atoms with Crippen molar-refractivity contribution >= 4 is 34.6 Å². The summed E-state index contributed by atoms with van der Waals surface area (Å²) in [6.45, 7) is 2.62. The molecule has 2 aliphatic rings. The number of rotatable bonds is 4. The van der Waals surface area contributed by atoms with E-state index in [-0.39, 0.29) is 23.5 Å². The lowest BCUT2D eigenvalue weighted by Crippen LogP contribution is -2.39. The number of fused-ring (bicyclic) bond motifs is 1. The van der Waals surface area contributed by atoms with Gasteiger partial charge in [-0.05, 0) is 31.9 Å². The normalized spacial score (nSPS) is 19.0.